The Balaban J connectivity index is 1.65. The quantitative estimate of drug-likeness (QED) is 0.882. The zero-order valence-electron chi connectivity index (χ0n) is 14.4. The summed E-state index contributed by atoms with van der Waals surface area (Å²) in [4.78, 5) is 4.87. The Morgan fingerprint density at radius 3 is 2.46 bits per heavy atom. The highest BCUT2D eigenvalue weighted by Crippen LogP contribution is 2.23. The molecule has 4 nitrogen and oxygen atoms in total. The van der Waals surface area contributed by atoms with Gasteiger partial charge in [-0.2, -0.15) is 0 Å². The van der Waals surface area contributed by atoms with Gasteiger partial charge in [0.05, 0.1) is 12.3 Å². The van der Waals surface area contributed by atoms with Crippen molar-refractivity contribution in [1.29, 1.82) is 0 Å². The van der Waals surface area contributed by atoms with E-state index in [9.17, 15) is 4.39 Å². The number of benzene rings is 1. The molecule has 0 spiro atoms. The number of furan rings is 1. The lowest BCUT2D eigenvalue weighted by molar-refractivity contribution is 0.116. The molecule has 1 N–H and O–H groups in total. The molecule has 0 aliphatic carbocycles. The average molecular weight is 331 g/mol. The van der Waals surface area contributed by atoms with Crippen molar-refractivity contribution in [2.24, 2.45) is 0 Å². The van der Waals surface area contributed by atoms with Gasteiger partial charge in [0.25, 0.3) is 0 Å². The van der Waals surface area contributed by atoms with Gasteiger partial charge in [-0.1, -0.05) is 12.1 Å². The predicted octanol–water partition coefficient (Wildman–Crippen LogP) is 2.73. The van der Waals surface area contributed by atoms with Gasteiger partial charge in [-0.3, -0.25) is 4.90 Å². The van der Waals surface area contributed by atoms with E-state index >= 15 is 0 Å². The van der Waals surface area contributed by atoms with Crippen LogP contribution in [0.5, 0.6) is 0 Å². The molecule has 2 atom stereocenters. The first-order chi connectivity index (χ1) is 11.6. The lowest BCUT2D eigenvalue weighted by Gasteiger charge is -2.37. The molecule has 3 rings (SSSR count). The number of piperazine rings is 1. The Labute approximate surface area is 143 Å². The largest absolute Gasteiger partial charge is 0.467 e. The van der Waals surface area contributed by atoms with Gasteiger partial charge in [0.15, 0.2) is 0 Å². The Morgan fingerprint density at radius 2 is 1.83 bits per heavy atom. The second-order valence-corrected chi connectivity index (χ2v) is 6.60. The lowest BCUT2D eigenvalue weighted by atomic mass is 10.0. The molecule has 130 valence electrons. The van der Waals surface area contributed by atoms with Crippen LogP contribution in [0.2, 0.25) is 0 Å². The highest BCUT2D eigenvalue weighted by molar-refractivity contribution is 5.27. The third kappa shape index (κ3) is 4.23. The first-order valence-electron chi connectivity index (χ1n) is 8.58. The molecule has 0 bridgehead atoms. The van der Waals surface area contributed by atoms with E-state index in [1.807, 2.05) is 24.3 Å². The van der Waals surface area contributed by atoms with Crippen LogP contribution in [0.15, 0.2) is 47.1 Å². The van der Waals surface area contributed by atoms with Crippen molar-refractivity contribution in [3.05, 3.63) is 59.8 Å². The van der Waals surface area contributed by atoms with Crippen molar-refractivity contribution in [1.82, 2.24) is 15.1 Å². The Kier molecular flexibility index (Phi) is 5.66. The molecular weight excluding hydrogens is 305 g/mol. The number of likely N-dealkylation sites (N-methyl/N-ethyl adjacent to an activating group) is 1. The molecule has 1 aromatic heterocycles. The highest BCUT2D eigenvalue weighted by Gasteiger charge is 2.22. The summed E-state index contributed by atoms with van der Waals surface area (Å²) in [5.74, 6) is 0.634. The predicted molar refractivity (Wildman–Crippen MR) is 93.5 cm³/mol. The maximum absolute atomic E-state index is 13.2. The molecule has 1 aromatic carbocycles. The van der Waals surface area contributed by atoms with Gasteiger partial charge in [0, 0.05) is 38.8 Å². The van der Waals surface area contributed by atoms with Crippen molar-refractivity contribution >= 4 is 0 Å². The van der Waals surface area contributed by atoms with E-state index in [-0.39, 0.29) is 11.9 Å². The number of halogens is 1. The van der Waals surface area contributed by atoms with Crippen LogP contribution in [0, 0.1) is 5.82 Å². The first kappa shape index (κ1) is 17.1. The molecule has 1 saturated heterocycles. The summed E-state index contributed by atoms with van der Waals surface area (Å²) in [6.07, 6.45) is 1.68. The SMILES string of the molecule is C[C@@H](CN[C@@H](c1ccc(F)cc1)c1ccco1)N1CCN(C)CC1. The molecule has 5 heteroatoms. The van der Waals surface area contributed by atoms with Crippen LogP contribution >= 0.6 is 0 Å². The van der Waals surface area contributed by atoms with E-state index in [2.05, 4.69) is 29.1 Å². The minimum atomic E-state index is -0.220. The summed E-state index contributed by atoms with van der Waals surface area (Å²) in [6, 6.07) is 10.9. The van der Waals surface area contributed by atoms with Gasteiger partial charge in [-0.05, 0) is 43.8 Å². The fraction of sp³-hybridized carbons (Fsp3) is 0.474. The van der Waals surface area contributed by atoms with Crippen molar-refractivity contribution in [3.63, 3.8) is 0 Å². The monoisotopic (exact) mass is 331 g/mol. The summed E-state index contributed by atoms with van der Waals surface area (Å²) in [5, 5.41) is 3.59. The van der Waals surface area contributed by atoms with Gasteiger partial charge in [-0.25, -0.2) is 4.39 Å². The van der Waals surface area contributed by atoms with E-state index in [1.54, 1.807) is 6.26 Å². The number of hydrogen-bond donors (Lipinski definition) is 1. The molecule has 1 aliphatic heterocycles. The lowest BCUT2D eigenvalue weighted by Crippen LogP contribution is -2.51. The number of hydrogen-bond acceptors (Lipinski definition) is 4. The average Bonchev–Trinajstić information content (AvgIpc) is 3.11. The molecule has 0 saturated carbocycles. The van der Waals surface area contributed by atoms with Gasteiger partial charge < -0.3 is 14.6 Å². The molecule has 24 heavy (non-hydrogen) atoms. The van der Waals surface area contributed by atoms with Crippen LogP contribution in [-0.2, 0) is 0 Å². The number of nitrogens with zero attached hydrogens (tertiary/aromatic N) is 2. The second-order valence-electron chi connectivity index (χ2n) is 6.60. The Morgan fingerprint density at radius 1 is 1.12 bits per heavy atom. The van der Waals surface area contributed by atoms with E-state index in [0.717, 1.165) is 44.0 Å². The van der Waals surface area contributed by atoms with E-state index in [4.69, 9.17) is 4.42 Å². The van der Waals surface area contributed by atoms with Crippen LogP contribution in [0.25, 0.3) is 0 Å². The van der Waals surface area contributed by atoms with Crippen molar-refractivity contribution in [2.45, 2.75) is 19.0 Å². The van der Waals surface area contributed by atoms with Gasteiger partial charge in [0.1, 0.15) is 11.6 Å². The fourth-order valence-corrected chi connectivity index (χ4v) is 3.17. The second kappa shape index (κ2) is 7.92. The molecule has 0 unspecified atom stereocenters. The molecule has 1 fully saturated rings. The molecule has 1 aliphatic rings. The molecule has 0 radical (unpaired) electrons. The number of nitrogens with one attached hydrogen (secondary N) is 1. The smallest absolute Gasteiger partial charge is 0.125 e. The fourth-order valence-electron chi connectivity index (χ4n) is 3.17. The maximum atomic E-state index is 13.2. The van der Waals surface area contributed by atoms with Crippen LogP contribution in [0.3, 0.4) is 0 Å². The molecule has 0 amide bonds. The maximum Gasteiger partial charge on any atom is 0.125 e. The van der Waals surface area contributed by atoms with Gasteiger partial charge in [0.2, 0.25) is 0 Å². The Hall–Kier alpha value is -1.69. The summed E-state index contributed by atoms with van der Waals surface area (Å²) < 4.78 is 18.8. The zero-order chi connectivity index (χ0) is 16.9. The highest BCUT2D eigenvalue weighted by atomic mass is 19.1. The van der Waals surface area contributed by atoms with Crippen molar-refractivity contribution in [3.8, 4) is 0 Å². The third-order valence-corrected chi connectivity index (χ3v) is 4.81. The van der Waals surface area contributed by atoms with E-state index in [0.29, 0.717) is 6.04 Å². The van der Waals surface area contributed by atoms with Crippen LogP contribution in [0.1, 0.15) is 24.3 Å². The normalized spacial score (nSPS) is 19.3. The van der Waals surface area contributed by atoms with Crippen LogP contribution < -0.4 is 5.32 Å². The molecular formula is C19H26FN3O. The van der Waals surface area contributed by atoms with Crippen LogP contribution in [0.4, 0.5) is 4.39 Å². The minimum absolute atomic E-state index is 0.0597. The van der Waals surface area contributed by atoms with Crippen molar-refractivity contribution < 1.29 is 8.81 Å². The van der Waals surface area contributed by atoms with E-state index in [1.165, 1.54) is 12.1 Å². The Bertz CT molecular complexity index is 606. The standard InChI is InChI=1S/C19H26FN3O/c1-15(23-11-9-22(2)10-12-23)14-21-19(18-4-3-13-24-18)16-5-7-17(20)8-6-16/h3-8,13,15,19,21H,9-12,14H2,1-2H3/t15-,19-/m0/s1. The number of rotatable bonds is 6. The summed E-state index contributed by atoms with van der Waals surface area (Å²) in [6.45, 7) is 7.53. The van der Waals surface area contributed by atoms with Gasteiger partial charge >= 0.3 is 0 Å². The zero-order valence-corrected chi connectivity index (χ0v) is 14.4. The molecule has 2 heterocycles. The first-order valence-corrected chi connectivity index (χ1v) is 8.58. The summed E-state index contributed by atoms with van der Waals surface area (Å²) >= 11 is 0. The van der Waals surface area contributed by atoms with Crippen molar-refractivity contribution in [2.75, 3.05) is 39.8 Å². The molecule has 2 aromatic rings. The van der Waals surface area contributed by atoms with Crippen LogP contribution in [-0.4, -0.2) is 55.6 Å². The third-order valence-electron chi connectivity index (χ3n) is 4.81. The summed E-state index contributed by atoms with van der Waals surface area (Å²) in [7, 11) is 2.17. The topological polar surface area (TPSA) is 31.7 Å². The summed E-state index contributed by atoms with van der Waals surface area (Å²) in [5.41, 5.74) is 1.01. The van der Waals surface area contributed by atoms with E-state index < -0.39 is 0 Å². The van der Waals surface area contributed by atoms with Gasteiger partial charge in [-0.15, -0.1) is 0 Å². The minimum Gasteiger partial charge on any atom is -0.467 e.